The summed E-state index contributed by atoms with van der Waals surface area (Å²) in [6, 6.07) is 7.69. The molecular weight excluding hydrogens is 328 g/mol. The van der Waals surface area contributed by atoms with E-state index in [2.05, 4.69) is 10.4 Å². The lowest BCUT2D eigenvalue weighted by atomic mass is 10.2. The van der Waals surface area contributed by atoms with Crippen molar-refractivity contribution >= 4 is 23.6 Å². The van der Waals surface area contributed by atoms with Crippen LogP contribution in [0.4, 0.5) is 5.69 Å². The molecule has 26 heavy (non-hydrogen) atoms. The Kier molecular flexibility index (Phi) is 5.84. The minimum atomic E-state index is -0.111. The van der Waals surface area contributed by atoms with Gasteiger partial charge in [0.2, 0.25) is 11.8 Å². The highest BCUT2D eigenvalue weighted by molar-refractivity contribution is 5.95. The van der Waals surface area contributed by atoms with Crippen molar-refractivity contribution in [2.24, 2.45) is 0 Å². The minimum Gasteiger partial charge on any atom is -0.352 e. The van der Waals surface area contributed by atoms with Crippen molar-refractivity contribution in [3.8, 4) is 0 Å². The molecule has 2 amide bonds. The number of nitrogens with zero attached hydrogens (tertiary/aromatic N) is 3. The van der Waals surface area contributed by atoms with Gasteiger partial charge < -0.3 is 10.2 Å². The predicted molar refractivity (Wildman–Crippen MR) is 102 cm³/mol. The maximum atomic E-state index is 11.9. The topological polar surface area (TPSA) is 67.2 Å². The van der Waals surface area contributed by atoms with E-state index in [1.807, 2.05) is 48.3 Å². The number of carbonyl (C=O) groups excluding carboxylic acids is 2. The summed E-state index contributed by atoms with van der Waals surface area (Å²) >= 11 is 0. The predicted octanol–water partition coefficient (Wildman–Crippen LogP) is 2.54. The largest absolute Gasteiger partial charge is 0.352 e. The number of rotatable bonds is 7. The molecule has 2 aromatic rings. The number of amides is 2. The summed E-state index contributed by atoms with van der Waals surface area (Å²) in [6.45, 7) is 4.19. The first-order valence-electron chi connectivity index (χ1n) is 8.97. The molecule has 6 heteroatoms. The van der Waals surface area contributed by atoms with Crippen LogP contribution in [0.3, 0.4) is 0 Å². The van der Waals surface area contributed by atoms with Crippen LogP contribution in [0, 0.1) is 6.92 Å². The Morgan fingerprint density at radius 2 is 2.12 bits per heavy atom. The SMILES string of the molecule is Cc1cnn(CCCNC(=O)/C=C/c2ccc(N3CCCC3=O)cc2)c1. The first-order chi connectivity index (χ1) is 12.6. The van der Waals surface area contributed by atoms with Gasteiger partial charge in [0.25, 0.3) is 0 Å². The Balaban J connectivity index is 1.42. The second-order valence-corrected chi connectivity index (χ2v) is 6.50. The molecule has 0 bridgehead atoms. The molecule has 6 nitrogen and oxygen atoms in total. The Bertz CT molecular complexity index is 792. The Labute approximate surface area is 153 Å². The van der Waals surface area contributed by atoms with E-state index in [-0.39, 0.29) is 11.8 Å². The van der Waals surface area contributed by atoms with Crippen LogP contribution in [-0.2, 0) is 16.1 Å². The minimum absolute atomic E-state index is 0.111. The van der Waals surface area contributed by atoms with Gasteiger partial charge in [-0.3, -0.25) is 14.3 Å². The third kappa shape index (κ3) is 4.81. The summed E-state index contributed by atoms with van der Waals surface area (Å²) in [5, 5.41) is 7.09. The average Bonchev–Trinajstić information content (AvgIpc) is 3.25. The molecule has 1 N–H and O–H groups in total. The van der Waals surface area contributed by atoms with Crippen molar-refractivity contribution in [2.45, 2.75) is 32.7 Å². The summed E-state index contributed by atoms with van der Waals surface area (Å²) in [5.74, 6) is 0.0679. The van der Waals surface area contributed by atoms with E-state index in [0.717, 1.165) is 42.7 Å². The van der Waals surface area contributed by atoms with Crippen LogP contribution in [0.15, 0.2) is 42.7 Å². The highest BCUT2D eigenvalue weighted by atomic mass is 16.2. The van der Waals surface area contributed by atoms with Gasteiger partial charge in [0.15, 0.2) is 0 Å². The highest BCUT2D eigenvalue weighted by Crippen LogP contribution is 2.21. The number of aryl methyl sites for hydroxylation is 2. The standard InChI is InChI=1S/C20H24N4O2/c1-16-14-22-23(15-16)12-3-11-21-19(25)10-7-17-5-8-18(9-6-17)24-13-2-4-20(24)26/h5-10,14-15H,2-4,11-13H2,1H3,(H,21,25)/b10-7+. The van der Waals surface area contributed by atoms with Gasteiger partial charge >= 0.3 is 0 Å². The zero-order valence-electron chi connectivity index (χ0n) is 15.0. The third-order valence-corrected chi connectivity index (χ3v) is 4.33. The zero-order chi connectivity index (χ0) is 18.4. The first-order valence-corrected chi connectivity index (χ1v) is 8.97. The van der Waals surface area contributed by atoms with Crippen LogP contribution >= 0.6 is 0 Å². The molecule has 1 saturated heterocycles. The van der Waals surface area contributed by atoms with E-state index < -0.39 is 0 Å². The van der Waals surface area contributed by atoms with Crippen LogP contribution in [0.1, 0.15) is 30.4 Å². The normalized spacial score (nSPS) is 14.3. The van der Waals surface area contributed by atoms with Crippen molar-refractivity contribution in [2.75, 3.05) is 18.0 Å². The second-order valence-electron chi connectivity index (χ2n) is 6.50. The van der Waals surface area contributed by atoms with Crippen molar-refractivity contribution in [3.63, 3.8) is 0 Å². The van der Waals surface area contributed by atoms with Crippen LogP contribution in [0.2, 0.25) is 0 Å². The summed E-state index contributed by atoms with van der Waals surface area (Å²) in [4.78, 5) is 25.4. The molecule has 0 atom stereocenters. The Hall–Kier alpha value is -2.89. The lowest BCUT2D eigenvalue weighted by Gasteiger charge is -2.15. The Morgan fingerprint density at radius 1 is 1.31 bits per heavy atom. The van der Waals surface area contributed by atoms with Crippen molar-refractivity contribution in [1.82, 2.24) is 15.1 Å². The van der Waals surface area contributed by atoms with Crippen LogP contribution < -0.4 is 10.2 Å². The van der Waals surface area contributed by atoms with E-state index in [9.17, 15) is 9.59 Å². The average molecular weight is 352 g/mol. The molecule has 0 radical (unpaired) electrons. The zero-order valence-corrected chi connectivity index (χ0v) is 15.0. The van der Waals surface area contributed by atoms with Crippen molar-refractivity contribution < 1.29 is 9.59 Å². The molecule has 0 saturated carbocycles. The quantitative estimate of drug-likeness (QED) is 0.615. The molecule has 2 heterocycles. The summed E-state index contributed by atoms with van der Waals surface area (Å²) < 4.78 is 1.88. The lowest BCUT2D eigenvalue weighted by molar-refractivity contribution is -0.117. The molecule has 1 fully saturated rings. The molecule has 1 aliphatic heterocycles. The lowest BCUT2D eigenvalue weighted by Crippen LogP contribution is -2.23. The monoisotopic (exact) mass is 352 g/mol. The van der Waals surface area contributed by atoms with Gasteiger partial charge in [0.05, 0.1) is 6.20 Å². The van der Waals surface area contributed by atoms with Gasteiger partial charge in [-0.2, -0.15) is 5.10 Å². The van der Waals surface area contributed by atoms with Gasteiger partial charge in [-0.1, -0.05) is 12.1 Å². The fourth-order valence-corrected chi connectivity index (χ4v) is 2.96. The molecule has 0 unspecified atom stereocenters. The Morgan fingerprint density at radius 3 is 2.77 bits per heavy atom. The molecule has 136 valence electrons. The molecule has 1 aromatic heterocycles. The molecule has 1 aliphatic rings. The van der Waals surface area contributed by atoms with Gasteiger partial charge in [0.1, 0.15) is 0 Å². The van der Waals surface area contributed by atoms with Crippen LogP contribution in [0.5, 0.6) is 0 Å². The molecule has 3 rings (SSSR count). The summed E-state index contributed by atoms with van der Waals surface area (Å²) in [7, 11) is 0. The molecular formula is C20H24N4O2. The maximum Gasteiger partial charge on any atom is 0.244 e. The van der Waals surface area contributed by atoms with Gasteiger partial charge in [-0.25, -0.2) is 0 Å². The number of anilines is 1. The maximum absolute atomic E-state index is 11.9. The molecule has 1 aromatic carbocycles. The van der Waals surface area contributed by atoms with Crippen LogP contribution in [-0.4, -0.2) is 34.7 Å². The second kappa shape index (κ2) is 8.47. The smallest absolute Gasteiger partial charge is 0.244 e. The van der Waals surface area contributed by atoms with Crippen molar-refractivity contribution in [1.29, 1.82) is 0 Å². The van der Waals surface area contributed by atoms with E-state index in [4.69, 9.17) is 0 Å². The number of aromatic nitrogens is 2. The number of nitrogens with one attached hydrogen (secondary N) is 1. The first kappa shape index (κ1) is 17.9. The summed E-state index contributed by atoms with van der Waals surface area (Å²) in [6.07, 6.45) is 9.50. The summed E-state index contributed by atoms with van der Waals surface area (Å²) in [5.41, 5.74) is 2.99. The number of hydrogen-bond donors (Lipinski definition) is 1. The van der Waals surface area contributed by atoms with Crippen molar-refractivity contribution in [3.05, 3.63) is 53.9 Å². The van der Waals surface area contributed by atoms with Gasteiger partial charge in [0, 0.05) is 44.0 Å². The number of carbonyl (C=O) groups is 2. The van der Waals surface area contributed by atoms with E-state index in [1.54, 1.807) is 11.0 Å². The fourth-order valence-electron chi connectivity index (χ4n) is 2.96. The van der Waals surface area contributed by atoms with E-state index >= 15 is 0 Å². The number of benzene rings is 1. The van der Waals surface area contributed by atoms with Gasteiger partial charge in [-0.05, 0) is 49.1 Å². The van der Waals surface area contributed by atoms with Crippen LogP contribution in [0.25, 0.3) is 6.08 Å². The fraction of sp³-hybridized carbons (Fsp3) is 0.350. The molecule has 0 aliphatic carbocycles. The number of hydrogen-bond acceptors (Lipinski definition) is 3. The van der Waals surface area contributed by atoms with E-state index in [0.29, 0.717) is 13.0 Å². The highest BCUT2D eigenvalue weighted by Gasteiger charge is 2.21. The molecule has 0 spiro atoms. The van der Waals surface area contributed by atoms with E-state index in [1.165, 1.54) is 6.08 Å². The third-order valence-electron chi connectivity index (χ3n) is 4.33. The van der Waals surface area contributed by atoms with Gasteiger partial charge in [-0.15, -0.1) is 0 Å².